The minimum atomic E-state index is -4.95. The molecule has 0 spiro atoms. The molecule has 2 heterocycles. The third kappa shape index (κ3) is 4.36. The molecule has 0 aliphatic carbocycles. The molecular weight excluding hydrogens is 432 g/mol. The Hall–Kier alpha value is -1.85. The molecule has 0 atom stereocenters. The lowest BCUT2D eigenvalue weighted by Gasteiger charge is -2.15. The highest BCUT2D eigenvalue weighted by atomic mass is 32.2. The molecule has 1 saturated heterocycles. The first-order chi connectivity index (χ1) is 12.4. The van der Waals surface area contributed by atoms with Gasteiger partial charge in [0.15, 0.2) is 0 Å². The summed E-state index contributed by atoms with van der Waals surface area (Å²) in [6, 6.07) is 2.89. The van der Waals surface area contributed by atoms with Crippen LogP contribution in [0.25, 0.3) is 17.2 Å². The van der Waals surface area contributed by atoms with Crippen molar-refractivity contribution in [2.75, 3.05) is 0 Å². The van der Waals surface area contributed by atoms with Crippen LogP contribution in [-0.4, -0.2) is 10.2 Å². The molecule has 11 heteroatoms. The minimum Gasteiger partial charge on any atom is -0.307 e. The van der Waals surface area contributed by atoms with Crippen LogP contribution in [0.5, 0.6) is 0 Å². The largest absolute Gasteiger partial charge is 0.417 e. The number of hydrogen-bond donors (Lipinski definition) is 1. The zero-order valence-electron chi connectivity index (χ0n) is 12.9. The van der Waals surface area contributed by atoms with Crippen LogP contribution in [0, 0.1) is 0 Å². The summed E-state index contributed by atoms with van der Waals surface area (Å²) in [7, 11) is 0. The molecule has 142 valence electrons. The Morgan fingerprint density at radius 1 is 1.04 bits per heavy atom. The molecule has 1 aliphatic heterocycles. The highest BCUT2D eigenvalue weighted by Gasteiger charge is 2.38. The number of alkyl halides is 6. The highest BCUT2D eigenvalue weighted by Crippen LogP contribution is 2.42. The molecule has 0 radical (unpaired) electrons. The minimum absolute atomic E-state index is 0.101. The second kappa shape index (κ2) is 6.95. The summed E-state index contributed by atoms with van der Waals surface area (Å²) in [5.41, 5.74) is -3.00. The molecular formula is C16H7F6NOS3. The number of carbonyl (C=O) groups is 1. The maximum atomic E-state index is 13.3. The van der Waals surface area contributed by atoms with Gasteiger partial charge < -0.3 is 5.32 Å². The summed E-state index contributed by atoms with van der Waals surface area (Å²) in [5.74, 6) is -0.412. The fraction of sp³-hybridized carbons (Fsp3) is 0.125. The molecule has 0 unspecified atom stereocenters. The third-order valence-corrected chi connectivity index (χ3v) is 5.54. The smallest absolute Gasteiger partial charge is 0.307 e. The summed E-state index contributed by atoms with van der Waals surface area (Å²) in [6.45, 7) is 0. The SMILES string of the molecule is O=C1NC(=S)S/C1=C\c1cc(-c2ccc(C(F)(F)F)cc2C(F)(F)F)cs1. The number of halogens is 6. The van der Waals surface area contributed by atoms with Crippen LogP contribution < -0.4 is 5.32 Å². The molecule has 1 N–H and O–H groups in total. The van der Waals surface area contributed by atoms with Crippen molar-refractivity contribution in [1.29, 1.82) is 0 Å². The number of nitrogens with one attached hydrogen (secondary N) is 1. The first kappa shape index (κ1) is 19.9. The molecule has 2 aromatic rings. The standard InChI is InChI=1S/C16H7F6NOS3/c17-15(18,19)8-1-2-10(11(4-8)16(20,21)22)7-3-9(26-6-7)5-12-13(24)23-14(25)27-12/h1-6H,(H,23,24,25)/b12-5-. The van der Waals surface area contributed by atoms with Crippen molar-refractivity contribution in [2.24, 2.45) is 0 Å². The van der Waals surface area contributed by atoms with Crippen LogP contribution >= 0.6 is 35.3 Å². The Balaban J connectivity index is 2.02. The first-order valence-corrected chi connectivity index (χ1v) is 9.18. The van der Waals surface area contributed by atoms with Gasteiger partial charge in [-0.25, -0.2) is 0 Å². The zero-order valence-corrected chi connectivity index (χ0v) is 15.3. The summed E-state index contributed by atoms with van der Waals surface area (Å²) in [6.07, 6.45) is -8.37. The quantitative estimate of drug-likeness (QED) is 0.357. The fourth-order valence-corrected chi connectivity index (χ4v) is 4.28. The molecule has 1 aliphatic rings. The van der Waals surface area contributed by atoms with Gasteiger partial charge in [-0.2, -0.15) is 26.3 Å². The summed E-state index contributed by atoms with van der Waals surface area (Å²) >= 11 is 6.93. The fourth-order valence-electron chi connectivity index (χ4n) is 2.33. The van der Waals surface area contributed by atoms with Crippen molar-refractivity contribution < 1.29 is 31.1 Å². The van der Waals surface area contributed by atoms with Crippen LogP contribution in [0.4, 0.5) is 26.3 Å². The predicted octanol–water partition coefficient (Wildman–Crippen LogP) is 5.94. The van der Waals surface area contributed by atoms with Crippen molar-refractivity contribution in [1.82, 2.24) is 5.32 Å². The van der Waals surface area contributed by atoms with Gasteiger partial charge in [0, 0.05) is 4.88 Å². The number of thiocarbonyl (C=S) groups is 1. The van der Waals surface area contributed by atoms with Gasteiger partial charge in [-0.1, -0.05) is 30.0 Å². The van der Waals surface area contributed by atoms with E-state index in [0.29, 0.717) is 10.9 Å². The van der Waals surface area contributed by atoms with Crippen LogP contribution in [-0.2, 0) is 17.1 Å². The Morgan fingerprint density at radius 2 is 1.74 bits per heavy atom. The van der Waals surface area contributed by atoms with E-state index >= 15 is 0 Å². The van der Waals surface area contributed by atoms with E-state index in [-0.39, 0.29) is 26.4 Å². The Kier molecular flexibility index (Phi) is 5.12. The van der Waals surface area contributed by atoms with Crippen molar-refractivity contribution in [2.45, 2.75) is 12.4 Å². The van der Waals surface area contributed by atoms with Gasteiger partial charge in [-0.3, -0.25) is 4.79 Å². The number of amides is 1. The molecule has 0 saturated carbocycles. The second-order valence-electron chi connectivity index (χ2n) is 5.35. The van der Waals surface area contributed by atoms with Crippen molar-refractivity contribution in [3.05, 3.63) is 50.6 Å². The molecule has 3 rings (SSSR count). The molecule has 1 aromatic heterocycles. The predicted molar refractivity (Wildman–Crippen MR) is 96.1 cm³/mol. The normalized spacial score (nSPS) is 16.9. The van der Waals surface area contributed by atoms with Gasteiger partial charge in [0.05, 0.1) is 16.0 Å². The maximum Gasteiger partial charge on any atom is 0.417 e. The third-order valence-electron chi connectivity index (χ3n) is 3.50. The van der Waals surface area contributed by atoms with Gasteiger partial charge in [0.2, 0.25) is 0 Å². The highest BCUT2D eigenvalue weighted by molar-refractivity contribution is 8.26. The average molecular weight is 439 g/mol. The Bertz CT molecular complexity index is 958. The van der Waals surface area contributed by atoms with E-state index in [2.05, 4.69) is 5.32 Å². The van der Waals surface area contributed by atoms with Crippen molar-refractivity contribution in [3.8, 4) is 11.1 Å². The zero-order chi connectivity index (χ0) is 20.0. The molecule has 0 bridgehead atoms. The molecule has 1 amide bonds. The lowest BCUT2D eigenvalue weighted by atomic mass is 9.98. The second-order valence-corrected chi connectivity index (χ2v) is 8.01. The van der Waals surface area contributed by atoms with Crippen molar-refractivity contribution >= 4 is 51.6 Å². The van der Waals surface area contributed by atoms with Gasteiger partial charge in [0.1, 0.15) is 4.32 Å². The number of rotatable bonds is 2. The number of thiophene rings is 1. The first-order valence-electron chi connectivity index (χ1n) is 7.07. The van der Waals surface area contributed by atoms with Crippen LogP contribution in [0.2, 0.25) is 0 Å². The van der Waals surface area contributed by atoms with Gasteiger partial charge in [0.25, 0.3) is 5.91 Å². The van der Waals surface area contributed by atoms with E-state index in [9.17, 15) is 31.1 Å². The topological polar surface area (TPSA) is 29.1 Å². The van der Waals surface area contributed by atoms with E-state index in [1.54, 1.807) is 0 Å². The van der Waals surface area contributed by atoms with E-state index in [0.717, 1.165) is 29.2 Å². The van der Waals surface area contributed by atoms with Crippen LogP contribution in [0.15, 0.2) is 34.6 Å². The summed E-state index contributed by atoms with van der Waals surface area (Å²) < 4.78 is 78.4. The van der Waals surface area contributed by atoms with E-state index in [1.807, 2.05) is 0 Å². The summed E-state index contributed by atoms with van der Waals surface area (Å²) in [4.78, 5) is 12.4. The van der Waals surface area contributed by atoms with E-state index in [1.165, 1.54) is 17.5 Å². The van der Waals surface area contributed by atoms with E-state index in [4.69, 9.17) is 12.2 Å². The van der Waals surface area contributed by atoms with Crippen LogP contribution in [0.3, 0.4) is 0 Å². The molecule has 1 fully saturated rings. The van der Waals surface area contributed by atoms with Crippen LogP contribution in [0.1, 0.15) is 16.0 Å². The number of thioether (sulfide) groups is 1. The van der Waals surface area contributed by atoms with E-state index < -0.39 is 29.4 Å². The maximum absolute atomic E-state index is 13.3. The summed E-state index contributed by atoms with van der Waals surface area (Å²) in [5, 5.41) is 3.80. The Morgan fingerprint density at radius 3 is 2.30 bits per heavy atom. The lowest BCUT2D eigenvalue weighted by Crippen LogP contribution is -2.17. The monoisotopic (exact) mass is 439 g/mol. The average Bonchev–Trinajstić information content (AvgIpc) is 3.12. The molecule has 27 heavy (non-hydrogen) atoms. The number of carbonyl (C=O) groups excluding carboxylic acids is 1. The Labute approximate surface area is 162 Å². The van der Waals surface area contributed by atoms with Gasteiger partial charge >= 0.3 is 12.4 Å². The number of hydrogen-bond acceptors (Lipinski definition) is 4. The van der Waals surface area contributed by atoms with Gasteiger partial charge in [-0.15, -0.1) is 11.3 Å². The number of benzene rings is 1. The lowest BCUT2D eigenvalue weighted by molar-refractivity contribution is -0.142. The molecule has 1 aromatic carbocycles. The van der Waals surface area contributed by atoms with Gasteiger partial charge in [-0.05, 0) is 40.8 Å². The van der Waals surface area contributed by atoms with Crippen molar-refractivity contribution in [3.63, 3.8) is 0 Å². The molecule has 2 nitrogen and oxygen atoms in total.